The van der Waals surface area contributed by atoms with Crippen LogP contribution in [-0.2, 0) is 4.79 Å². The Hall–Kier alpha value is -2.39. The average molecular weight is 290 g/mol. The summed E-state index contributed by atoms with van der Waals surface area (Å²) in [5.74, 6) is 3.78. The summed E-state index contributed by atoms with van der Waals surface area (Å²) in [4.78, 5) is 25.0. The van der Waals surface area contributed by atoms with Crippen LogP contribution < -0.4 is 5.32 Å². The Morgan fingerprint density at radius 2 is 2.24 bits per heavy atom. The van der Waals surface area contributed by atoms with E-state index in [1.807, 2.05) is 0 Å². The normalized spacial score (nSPS) is 14.8. The van der Waals surface area contributed by atoms with Gasteiger partial charge >= 0.3 is 0 Å². The monoisotopic (exact) mass is 290 g/mol. The molecule has 1 aromatic rings. The Labute approximate surface area is 121 Å². The van der Waals surface area contributed by atoms with E-state index in [9.17, 15) is 14.0 Å². The molecule has 1 aliphatic rings. The molecule has 0 unspecified atom stereocenters. The van der Waals surface area contributed by atoms with E-state index in [1.54, 1.807) is 0 Å². The molecule has 0 saturated carbocycles. The van der Waals surface area contributed by atoms with Crippen molar-refractivity contribution in [2.75, 3.05) is 26.2 Å². The maximum atomic E-state index is 14.0. The minimum absolute atomic E-state index is 0.0427. The van der Waals surface area contributed by atoms with Crippen LogP contribution in [0.15, 0.2) is 18.2 Å². The van der Waals surface area contributed by atoms with Gasteiger partial charge in [0.1, 0.15) is 12.4 Å². The topological polar surface area (TPSA) is 69.6 Å². The van der Waals surface area contributed by atoms with Crippen molar-refractivity contribution in [1.29, 1.82) is 0 Å². The zero-order valence-electron chi connectivity index (χ0n) is 11.4. The fraction of sp³-hybridized carbons (Fsp3) is 0.333. The van der Waals surface area contributed by atoms with E-state index in [0.29, 0.717) is 18.7 Å². The van der Waals surface area contributed by atoms with Crippen molar-refractivity contribution in [2.24, 2.45) is 0 Å². The van der Waals surface area contributed by atoms with Gasteiger partial charge in [-0.3, -0.25) is 9.59 Å². The van der Waals surface area contributed by atoms with Gasteiger partial charge in [-0.25, -0.2) is 4.39 Å². The molecule has 2 amide bonds. The second kappa shape index (κ2) is 6.86. The van der Waals surface area contributed by atoms with Crippen LogP contribution in [0.2, 0.25) is 0 Å². The summed E-state index contributed by atoms with van der Waals surface area (Å²) in [5, 5.41) is 11.3. The summed E-state index contributed by atoms with van der Waals surface area (Å²) in [7, 11) is 0. The molecule has 2 N–H and O–H groups in total. The zero-order valence-corrected chi connectivity index (χ0v) is 11.4. The zero-order chi connectivity index (χ0) is 15.2. The minimum atomic E-state index is -0.659. The van der Waals surface area contributed by atoms with Crippen LogP contribution in [0.25, 0.3) is 0 Å². The third-order valence-corrected chi connectivity index (χ3v) is 3.11. The first-order valence-electron chi connectivity index (χ1n) is 6.57. The van der Waals surface area contributed by atoms with Crippen LogP contribution in [-0.4, -0.2) is 48.1 Å². The lowest BCUT2D eigenvalue weighted by Gasteiger charge is -2.19. The van der Waals surface area contributed by atoms with Crippen LogP contribution in [0.5, 0.6) is 0 Å². The van der Waals surface area contributed by atoms with Gasteiger partial charge in [0, 0.05) is 31.6 Å². The first kappa shape index (κ1) is 15.0. The number of nitrogens with one attached hydrogen (secondary N) is 1. The first-order chi connectivity index (χ1) is 10.1. The van der Waals surface area contributed by atoms with Gasteiger partial charge in [-0.15, -0.1) is 0 Å². The quantitative estimate of drug-likeness (QED) is 0.722. The molecule has 0 radical (unpaired) electrons. The van der Waals surface area contributed by atoms with Crippen molar-refractivity contribution < 1.29 is 19.1 Å². The van der Waals surface area contributed by atoms with E-state index in [4.69, 9.17) is 5.11 Å². The van der Waals surface area contributed by atoms with Crippen molar-refractivity contribution in [3.05, 3.63) is 35.1 Å². The summed E-state index contributed by atoms with van der Waals surface area (Å²) >= 11 is 0. The molecule has 1 fully saturated rings. The third-order valence-electron chi connectivity index (χ3n) is 3.11. The summed E-state index contributed by atoms with van der Waals surface area (Å²) < 4.78 is 14.0. The van der Waals surface area contributed by atoms with Gasteiger partial charge in [-0.1, -0.05) is 11.8 Å². The standard InChI is InChI=1S/C15H15FN2O3/c16-13-10-11(2-1-9-19)3-4-12(13)15(21)18-7-5-14(20)17-6-8-18/h3-4,10,19H,5-9H2,(H,17,20). The lowest BCUT2D eigenvalue weighted by Crippen LogP contribution is -2.34. The van der Waals surface area contributed by atoms with E-state index < -0.39 is 11.7 Å². The van der Waals surface area contributed by atoms with Crippen molar-refractivity contribution >= 4 is 11.8 Å². The number of hydrogen-bond acceptors (Lipinski definition) is 3. The number of hydrogen-bond donors (Lipinski definition) is 2. The molecular weight excluding hydrogens is 275 g/mol. The molecule has 2 rings (SSSR count). The Bertz CT molecular complexity index is 619. The van der Waals surface area contributed by atoms with Crippen LogP contribution in [0.3, 0.4) is 0 Å². The number of aliphatic hydroxyl groups is 1. The highest BCUT2D eigenvalue weighted by Gasteiger charge is 2.22. The molecule has 5 nitrogen and oxygen atoms in total. The van der Waals surface area contributed by atoms with Crippen molar-refractivity contribution in [3.8, 4) is 11.8 Å². The van der Waals surface area contributed by atoms with Gasteiger partial charge in [-0.05, 0) is 18.2 Å². The lowest BCUT2D eigenvalue weighted by atomic mass is 10.1. The Kier molecular flexibility index (Phi) is 4.90. The number of nitrogens with zero attached hydrogens (tertiary/aromatic N) is 1. The molecule has 0 aliphatic carbocycles. The Morgan fingerprint density at radius 1 is 1.43 bits per heavy atom. The molecule has 1 aliphatic heterocycles. The molecule has 0 bridgehead atoms. The molecule has 1 aromatic carbocycles. The number of amides is 2. The van der Waals surface area contributed by atoms with E-state index in [1.165, 1.54) is 17.0 Å². The summed E-state index contributed by atoms with van der Waals surface area (Å²) in [6, 6.07) is 4.07. The van der Waals surface area contributed by atoms with Gasteiger partial charge in [0.15, 0.2) is 0 Å². The molecule has 21 heavy (non-hydrogen) atoms. The first-order valence-corrected chi connectivity index (χ1v) is 6.57. The molecule has 1 heterocycles. The molecular formula is C15H15FN2O3. The molecule has 0 atom stereocenters. The molecule has 6 heteroatoms. The number of aliphatic hydroxyl groups excluding tert-OH is 1. The highest BCUT2D eigenvalue weighted by Crippen LogP contribution is 2.13. The molecule has 110 valence electrons. The van der Waals surface area contributed by atoms with Crippen LogP contribution in [0.4, 0.5) is 4.39 Å². The van der Waals surface area contributed by atoms with E-state index in [-0.39, 0.29) is 31.0 Å². The van der Waals surface area contributed by atoms with Crippen LogP contribution in [0, 0.1) is 17.7 Å². The van der Waals surface area contributed by atoms with E-state index in [2.05, 4.69) is 17.2 Å². The van der Waals surface area contributed by atoms with Crippen LogP contribution >= 0.6 is 0 Å². The van der Waals surface area contributed by atoms with Gasteiger partial charge in [0.25, 0.3) is 5.91 Å². The summed E-state index contributed by atoms with van der Waals surface area (Å²) in [6.45, 7) is 0.690. The van der Waals surface area contributed by atoms with E-state index in [0.717, 1.165) is 6.07 Å². The molecule has 0 aromatic heterocycles. The van der Waals surface area contributed by atoms with Crippen molar-refractivity contribution in [2.45, 2.75) is 6.42 Å². The maximum absolute atomic E-state index is 14.0. The van der Waals surface area contributed by atoms with E-state index >= 15 is 0 Å². The highest BCUT2D eigenvalue weighted by molar-refractivity contribution is 5.95. The third kappa shape index (κ3) is 3.80. The highest BCUT2D eigenvalue weighted by atomic mass is 19.1. The van der Waals surface area contributed by atoms with Gasteiger partial charge < -0.3 is 15.3 Å². The number of carbonyl (C=O) groups is 2. The number of carbonyl (C=O) groups excluding carboxylic acids is 2. The number of benzene rings is 1. The summed E-state index contributed by atoms with van der Waals surface area (Å²) in [6.07, 6.45) is 0.216. The molecule has 0 spiro atoms. The number of rotatable bonds is 1. The summed E-state index contributed by atoms with van der Waals surface area (Å²) in [5.41, 5.74) is 0.352. The van der Waals surface area contributed by atoms with Gasteiger partial charge in [0.05, 0.1) is 5.56 Å². The molecule has 1 saturated heterocycles. The fourth-order valence-electron chi connectivity index (χ4n) is 2.05. The predicted octanol–water partition coefficient (Wildman–Crippen LogP) is 0.132. The largest absolute Gasteiger partial charge is 0.384 e. The van der Waals surface area contributed by atoms with Crippen molar-refractivity contribution in [3.63, 3.8) is 0 Å². The smallest absolute Gasteiger partial charge is 0.256 e. The van der Waals surface area contributed by atoms with Crippen LogP contribution in [0.1, 0.15) is 22.3 Å². The maximum Gasteiger partial charge on any atom is 0.256 e. The SMILES string of the molecule is O=C1CCN(C(=O)c2ccc(C#CCO)cc2F)CCN1. The predicted molar refractivity (Wildman–Crippen MR) is 73.9 cm³/mol. The van der Waals surface area contributed by atoms with Gasteiger partial charge in [-0.2, -0.15) is 0 Å². The number of halogens is 1. The van der Waals surface area contributed by atoms with Crippen molar-refractivity contribution in [1.82, 2.24) is 10.2 Å². The minimum Gasteiger partial charge on any atom is -0.384 e. The fourth-order valence-corrected chi connectivity index (χ4v) is 2.05. The Morgan fingerprint density at radius 3 is 2.95 bits per heavy atom. The second-order valence-corrected chi connectivity index (χ2v) is 4.55. The Balaban J connectivity index is 2.17. The second-order valence-electron chi connectivity index (χ2n) is 4.55. The average Bonchev–Trinajstić information content (AvgIpc) is 2.69. The van der Waals surface area contributed by atoms with Gasteiger partial charge in [0.2, 0.25) is 5.91 Å². The lowest BCUT2D eigenvalue weighted by molar-refractivity contribution is -0.120.